The van der Waals surface area contributed by atoms with Crippen LogP contribution in [0.25, 0.3) is 11.4 Å². The Bertz CT molecular complexity index is 1210. The highest BCUT2D eigenvalue weighted by molar-refractivity contribution is 5.96. The van der Waals surface area contributed by atoms with Gasteiger partial charge in [-0.3, -0.25) is 14.2 Å². The van der Waals surface area contributed by atoms with Crippen molar-refractivity contribution in [3.63, 3.8) is 0 Å². The average molecular weight is 450 g/mol. The van der Waals surface area contributed by atoms with Crippen molar-refractivity contribution in [1.29, 1.82) is 0 Å². The number of carbonyl (C=O) groups is 1. The van der Waals surface area contributed by atoms with Crippen molar-refractivity contribution < 1.29 is 14.3 Å². The van der Waals surface area contributed by atoms with E-state index in [1.54, 1.807) is 29.0 Å². The fourth-order valence-electron chi connectivity index (χ4n) is 4.06. The fraction of sp³-hybridized carbons (Fsp3) is 0.391. The lowest BCUT2D eigenvalue weighted by molar-refractivity contribution is 0.0938. The van der Waals surface area contributed by atoms with Crippen molar-refractivity contribution in [2.24, 2.45) is 0 Å². The number of pyridine rings is 1. The second kappa shape index (κ2) is 9.35. The standard InChI is InChI=1S/C23H26N6O4/c1-23(13-25-20(31)15-6-7-18(32-2)28-21(15)33-3)9-4-5-11-29-19(30)12-17(27-22(23)29)16-8-10-24-14-26-16/h6-8,10,12,14H,4-5,9,11,13H2,1-3H3,(H,25,31). The molecule has 3 aromatic heterocycles. The first-order chi connectivity index (χ1) is 15.9. The second-order valence-electron chi connectivity index (χ2n) is 8.16. The maximum atomic E-state index is 13.0. The summed E-state index contributed by atoms with van der Waals surface area (Å²) >= 11 is 0. The molecule has 0 saturated carbocycles. The van der Waals surface area contributed by atoms with Gasteiger partial charge in [-0.05, 0) is 25.0 Å². The minimum atomic E-state index is -0.554. The highest BCUT2D eigenvalue weighted by Crippen LogP contribution is 2.31. The molecule has 33 heavy (non-hydrogen) atoms. The van der Waals surface area contributed by atoms with Crippen molar-refractivity contribution in [3.05, 3.63) is 58.5 Å². The van der Waals surface area contributed by atoms with E-state index in [1.165, 1.54) is 26.6 Å². The van der Waals surface area contributed by atoms with Crippen LogP contribution in [0, 0.1) is 0 Å². The van der Waals surface area contributed by atoms with Crippen LogP contribution in [0.15, 0.2) is 41.6 Å². The van der Waals surface area contributed by atoms with E-state index < -0.39 is 5.41 Å². The fourth-order valence-corrected chi connectivity index (χ4v) is 4.06. The molecule has 172 valence electrons. The topological polar surface area (TPSA) is 121 Å². The van der Waals surface area contributed by atoms with Crippen LogP contribution in [0.1, 0.15) is 42.4 Å². The van der Waals surface area contributed by atoms with Crippen molar-refractivity contribution >= 4 is 5.91 Å². The van der Waals surface area contributed by atoms with Crippen molar-refractivity contribution in [3.8, 4) is 23.1 Å². The van der Waals surface area contributed by atoms with Gasteiger partial charge in [0.05, 0.1) is 25.6 Å². The van der Waals surface area contributed by atoms with Crippen LogP contribution < -0.4 is 20.3 Å². The number of hydrogen-bond acceptors (Lipinski definition) is 8. The quantitative estimate of drug-likeness (QED) is 0.605. The van der Waals surface area contributed by atoms with Gasteiger partial charge in [-0.25, -0.2) is 15.0 Å². The van der Waals surface area contributed by atoms with Crippen LogP contribution in [0.2, 0.25) is 0 Å². The van der Waals surface area contributed by atoms with E-state index in [4.69, 9.17) is 14.5 Å². The van der Waals surface area contributed by atoms with E-state index in [0.717, 1.165) is 19.3 Å². The van der Waals surface area contributed by atoms with Gasteiger partial charge in [0.15, 0.2) is 0 Å². The molecule has 0 aromatic carbocycles. The molecule has 4 rings (SSSR count). The molecule has 0 bridgehead atoms. The summed E-state index contributed by atoms with van der Waals surface area (Å²) in [5.41, 5.74) is 0.690. The summed E-state index contributed by atoms with van der Waals surface area (Å²) in [4.78, 5) is 43.1. The summed E-state index contributed by atoms with van der Waals surface area (Å²) in [5.74, 6) is 0.849. The van der Waals surface area contributed by atoms with Gasteiger partial charge < -0.3 is 14.8 Å². The molecule has 1 unspecified atom stereocenters. The van der Waals surface area contributed by atoms with E-state index in [9.17, 15) is 9.59 Å². The monoisotopic (exact) mass is 450 g/mol. The molecular weight excluding hydrogens is 424 g/mol. The van der Waals surface area contributed by atoms with Gasteiger partial charge in [-0.2, -0.15) is 4.98 Å². The van der Waals surface area contributed by atoms with Crippen LogP contribution in [0.5, 0.6) is 11.8 Å². The highest BCUT2D eigenvalue weighted by Gasteiger charge is 2.34. The predicted octanol–water partition coefficient (Wildman–Crippen LogP) is 1.98. The molecule has 0 saturated heterocycles. The Balaban J connectivity index is 1.66. The number of nitrogens with one attached hydrogen (secondary N) is 1. The van der Waals surface area contributed by atoms with E-state index in [0.29, 0.717) is 41.7 Å². The van der Waals surface area contributed by atoms with E-state index in [1.807, 2.05) is 6.92 Å². The number of rotatable bonds is 6. The lowest BCUT2D eigenvalue weighted by atomic mass is 9.84. The molecule has 1 aliphatic heterocycles. The molecular formula is C23H26N6O4. The summed E-state index contributed by atoms with van der Waals surface area (Å²) in [6.45, 7) is 2.90. The lowest BCUT2D eigenvalue weighted by Gasteiger charge is -2.29. The number of hydrogen-bond donors (Lipinski definition) is 1. The Kier molecular flexibility index (Phi) is 6.34. The summed E-state index contributed by atoms with van der Waals surface area (Å²) in [6.07, 6.45) is 5.58. The summed E-state index contributed by atoms with van der Waals surface area (Å²) in [6, 6.07) is 6.44. The molecule has 4 heterocycles. The number of amides is 1. The van der Waals surface area contributed by atoms with Crippen LogP contribution >= 0.6 is 0 Å². The zero-order valence-electron chi connectivity index (χ0n) is 18.9. The van der Waals surface area contributed by atoms with Gasteiger partial charge in [0.25, 0.3) is 11.5 Å². The Hall–Kier alpha value is -3.82. The van der Waals surface area contributed by atoms with Crippen molar-refractivity contribution in [2.45, 2.75) is 38.1 Å². The Morgan fingerprint density at radius 1 is 1.15 bits per heavy atom. The summed E-state index contributed by atoms with van der Waals surface area (Å²) in [7, 11) is 2.95. The Labute approximate surface area is 191 Å². The van der Waals surface area contributed by atoms with Gasteiger partial charge in [0.1, 0.15) is 17.7 Å². The number of fused-ring (bicyclic) bond motifs is 1. The third-order valence-electron chi connectivity index (χ3n) is 5.87. The number of ether oxygens (including phenoxy) is 2. The summed E-state index contributed by atoms with van der Waals surface area (Å²) in [5, 5.41) is 2.99. The predicted molar refractivity (Wildman–Crippen MR) is 120 cm³/mol. The van der Waals surface area contributed by atoms with E-state index >= 15 is 0 Å². The third-order valence-corrected chi connectivity index (χ3v) is 5.87. The number of nitrogens with zero attached hydrogens (tertiary/aromatic N) is 5. The van der Waals surface area contributed by atoms with Crippen molar-refractivity contribution in [1.82, 2.24) is 29.8 Å². The first-order valence-corrected chi connectivity index (χ1v) is 10.7. The molecule has 1 aliphatic rings. The van der Waals surface area contributed by atoms with Gasteiger partial charge in [-0.1, -0.05) is 13.3 Å². The molecule has 1 atom stereocenters. The van der Waals surface area contributed by atoms with E-state index in [-0.39, 0.29) is 17.3 Å². The molecule has 3 aromatic rings. The molecule has 0 radical (unpaired) electrons. The minimum absolute atomic E-state index is 0.130. The number of methoxy groups -OCH3 is 2. The Morgan fingerprint density at radius 3 is 2.73 bits per heavy atom. The molecule has 1 N–H and O–H groups in total. The van der Waals surface area contributed by atoms with Crippen LogP contribution in [0.4, 0.5) is 0 Å². The molecule has 10 heteroatoms. The maximum absolute atomic E-state index is 13.0. The molecule has 1 amide bonds. The molecule has 10 nitrogen and oxygen atoms in total. The maximum Gasteiger partial charge on any atom is 0.256 e. The largest absolute Gasteiger partial charge is 0.481 e. The SMILES string of the molecule is COc1ccc(C(=O)NCC2(C)CCCCn3c2nc(-c2ccncn2)cc3=O)c(OC)n1. The first-order valence-electron chi connectivity index (χ1n) is 10.7. The van der Waals surface area contributed by atoms with Crippen LogP contribution in [-0.4, -0.2) is 51.2 Å². The smallest absolute Gasteiger partial charge is 0.256 e. The van der Waals surface area contributed by atoms with Gasteiger partial charge in [0.2, 0.25) is 11.8 Å². The van der Waals surface area contributed by atoms with E-state index in [2.05, 4.69) is 20.3 Å². The lowest BCUT2D eigenvalue weighted by Crippen LogP contribution is -2.42. The second-order valence-corrected chi connectivity index (χ2v) is 8.16. The zero-order chi connectivity index (χ0) is 23.4. The average Bonchev–Trinajstić information content (AvgIpc) is 3.02. The van der Waals surface area contributed by atoms with Gasteiger partial charge in [0, 0.05) is 36.8 Å². The normalized spacial score (nSPS) is 17.5. The molecule has 0 spiro atoms. The van der Waals surface area contributed by atoms with Crippen LogP contribution in [0.3, 0.4) is 0 Å². The third kappa shape index (κ3) is 4.55. The highest BCUT2D eigenvalue weighted by atomic mass is 16.5. The van der Waals surface area contributed by atoms with Crippen molar-refractivity contribution in [2.75, 3.05) is 20.8 Å². The zero-order valence-corrected chi connectivity index (χ0v) is 18.9. The minimum Gasteiger partial charge on any atom is -0.481 e. The molecule has 0 aliphatic carbocycles. The van der Waals surface area contributed by atoms with Gasteiger partial charge in [-0.15, -0.1) is 0 Å². The number of aromatic nitrogens is 5. The Morgan fingerprint density at radius 2 is 2.00 bits per heavy atom. The summed E-state index contributed by atoms with van der Waals surface area (Å²) < 4.78 is 12.1. The van der Waals surface area contributed by atoms with Crippen LogP contribution in [-0.2, 0) is 12.0 Å². The molecule has 0 fully saturated rings. The first kappa shape index (κ1) is 22.4. The number of carbonyl (C=O) groups excluding carboxylic acids is 1. The van der Waals surface area contributed by atoms with Gasteiger partial charge >= 0.3 is 0 Å².